The third kappa shape index (κ3) is 2.57. The van der Waals surface area contributed by atoms with Crippen LogP contribution in [0.2, 0.25) is 5.02 Å². The summed E-state index contributed by atoms with van der Waals surface area (Å²) in [6.45, 7) is 0.252. The molecule has 2 N–H and O–H groups in total. The van der Waals surface area contributed by atoms with Gasteiger partial charge in [0.15, 0.2) is 0 Å². The molecule has 2 atom stereocenters. The largest absolute Gasteiger partial charge is 0.399 e. The van der Waals surface area contributed by atoms with Gasteiger partial charge in [0.2, 0.25) is 11.3 Å². The average molecular weight is 466 g/mol. The van der Waals surface area contributed by atoms with Gasteiger partial charge < -0.3 is 10.6 Å². The highest BCUT2D eigenvalue weighted by atomic mass is 35.5. The molecule has 0 fully saturated rings. The molecule has 166 valence electrons. The van der Waals surface area contributed by atoms with Crippen molar-refractivity contribution in [1.82, 2.24) is 0 Å². The fraction of sp³-hybridized carbons (Fsp3) is 0.259. The molecule has 1 heterocycles. The molecule has 2 aromatic carbocycles. The van der Waals surface area contributed by atoms with Crippen molar-refractivity contribution in [1.29, 1.82) is 15.8 Å². The van der Waals surface area contributed by atoms with Gasteiger partial charge in [-0.25, -0.2) is 0 Å². The molecule has 3 aliphatic rings. The van der Waals surface area contributed by atoms with E-state index >= 15 is 0 Å². The molecule has 0 aromatic heterocycles. The Kier molecular flexibility index (Phi) is 4.98. The number of carbonyl (C=O) groups is 1. The van der Waals surface area contributed by atoms with Gasteiger partial charge in [-0.3, -0.25) is 4.79 Å². The number of fused-ring (bicyclic) bond motifs is 4. The van der Waals surface area contributed by atoms with Crippen LogP contribution < -0.4 is 10.6 Å². The first-order chi connectivity index (χ1) is 16.5. The van der Waals surface area contributed by atoms with Crippen LogP contribution in [0.3, 0.4) is 0 Å². The highest BCUT2D eigenvalue weighted by Crippen LogP contribution is 2.64. The normalized spacial score (nSPS) is 24.5. The fourth-order valence-electron chi connectivity index (χ4n) is 5.98. The molecule has 0 unspecified atom stereocenters. The van der Waals surface area contributed by atoms with Gasteiger partial charge in [0.25, 0.3) is 0 Å². The third-order valence-corrected chi connectivity index (χ3v) is 7.67. The van der Waals surface area contributed by atoms with Crippen molar-refractivity contribution >= 4 is 23.2 Å². The summed E-state index contributed by atoms with van der Waals surface area (Å²) in [5.41, 5.74) is 5.71. The van der Waals surface area contributed by atoms with E-state index in [2.05, 4.69) is 18.2 Å². The number of para-hydroxylation sites is 1. The van der Waals surface area contributed by atoms with Crippen molar-refractivity contribution < 1.29 is 4.79 Å². The minimum Gasteiger partial charge on any atom is -0.399 e. The first-order valence-electron chi connectivity index (χ1n) is 11.1. The third-order valence-electron chi connectivity index (χ3n) is 7.42. The Labute approximate surface area is 202 Å². The second kappa shape index (κ2) is 7.77. The molecule has 2 aliphatic carbocycles. The average Bonchev–Trinajstić information content (AvgIpc) is 3.11. The van der Waals surface area contributed by atoms with Crippen LogP contribution in [0.1, 0.15) is 30.4 Å². The van der Waals surface area contributed by atoms with Crippen molar-refractivity contribution in [2.45, 2.75) is 31.2 Å². The van der Waals surface area contributed by atoms with Gasteiger partial charge in [-0.05, 0) is 54.2 Å². The van der Waals surface area contributed by atoms with Gasteiger partial charge in [0.05, 0.1) is 30.0 Å². The summed E-state index contributed by atoms with van der Waals surface area (Å²) in [5, 5.41) is 31.5. The first-order valence-corrected chi connectivity index (χ1v) is 11.4. The Morgan fingerprint density at radius 3 is 2.47 bits per heavy atom. The number of nitrogens with two attached hydrogens (primary N) is 1. The fourth-order valence-corrected chi connectivity index (χ4v) is 6.10. The van der Waals surface area contributed by atoms with Crippen LogP contribution in [0.15, 0.2) is 71.5 Å². The summed E-state index contributed by atoms with van der Waals surface area (Å²) >= 11 is 6.05. The lowest BCUT2D eigenvalue weighted by Gasteiger charge is -2.49. The number of amides is 1. The minimum absolute atomic E-state index is 0.138. The standard InChI is InChI=1S/C27H20ClN5O/c28-18-11-9-17(10-12-18)14-33-23-8-4-3-7-22(23)27(25(33)34)21-6-2-1-5-19(21)20(13-29)24(32)26(27,15-30)16-31/h3-5,7-12,21H,1-2,6,14,32H2/t21-,27-/m1/s1. The summed E-state index contributed by atoms with van der Waals surface area (Å²) in [7, 11) is 0. The van der Waals surface area contributed by atoms with Crippen molar-refractivity contribution in [2.24, 2.45) is 17.1 Å². The van der Waals surface area contributed by atoms with Crippen molar-refractivity contribution in [2.75, 3.05) is 4.90 Å². The highest BCUT2D eigenvalue weighted by molar-refractivity contribution is 6.30. The molecular formula is C27H20ClN5O. The van der Waals surface area contributed by atoms with Crippen LogP contribution in [0.4, 0.5) is 5.69 Å². The van der Waals surface area contributed by atoms with E-state index in [9.17, 15) is 20.6 Å². The monoisotopic (exact) mass is 465 g/mol. The lowest BCUT2D eigenvalue weighted by molar-refractivity contribution is -0.127. The molecule has 5 rings (SSSR count). The zero-order valence-corrected chi connectivity index (χ0v) is 19.0. The number of halogens is 1. The van der Waals surface area contributed by atoms with Crippen LogP contribution in [0.25, 0.3) is 0 Å². The van der Waals surface area contributed by atoms with E-state index in [-0.39, 0.29) is 23.7 Å². The number of nitriles is 3. The minimum atomic E-state index is -2.01. The molecule has 0 saturated heterocycles. The summed E-state index contributed by atoms with van der Waals surface area (Å²) in [4.78, 5) is 16.2. The summed E-state index contributed by atoms with van der Waals surface area (Å²) in [6.07, 6.45) is 4.05. The van der Waals surface area contributed by atoms with E-state index in [0.29, 0.717) is 28.3 Å². The maximum atomic E-state index is 14.5. The summed E-state index contributed by atoms with van der Waals surface area (Å²) in [5.74, 6) is -0.851. The number of carbonyl (C=O) groups excluding carboxylic acids is 1. The lowest BCUT2D eigenvalue weighted by Crippen LogP contribution is -2.61. The number of nitrogens with zero attached hydrogens (tertiary/aromatic N) is 4. The molecule has 0 saturated carbocycles. The molecule has 34 heavy (non-hydrogen) atoms. The predicted octanol–water partition coefficient (Wildman–Crippen LogP) is 4.63. The van der Waals surface area contributed by atoms with Crippen LogP contribution >= 0.6 is 11.6 Å². The second-order valence-electron chi connectivity index (χ2n) is 8.86. The Morgan fingerprint density at radius 1 is 1.09 bits per heavy atom. The molecule has 1 amide bonds. The van der Waals surface area contributed by atoms with Crippen molar-refractivity contribution in [3.05, 3.63) is 87.6 Å². The first kappa shape index (κ1) is 21.8. The van der Waals surface area contributed by atoms with Crippen LogP contribution in [-0.2, 0) is 16.8 Å². The Morgan fingerprint density at radius 2 is 1.79 bits per heavy atom. The SMILES string of the molecule is N#CC1=C(N)C(C#N)(C#N)[C@]2(C(=O)N(Cc3ccc(Cl)cc3)c3ccccc32)[C@@H]2CCCC=C12. The predicted molar refractivity (Wildman–Crippen MR) is 127 cm³/mol. The van der Waals surface area contributed by atoms with E-state index in [0.717, 1.165) is 18.4 Å². The smallest absolute Gasteiger partial charge is 0.241 e. The topological polar surface area (TPSA) is 118 Å². The number of anilines is 1. The molecule has 0 bridgehead atoms. The van der Waals surface area contributed by atoms with E-state index < -0.39 is 16.7 Å². The highest BCUT2D eigenvalue weighted by Gasteiger charge is 2.72. The summed E-state index contributed by atoms with van der Waals surface area (Å²) in [6, 6.07) is 20.9. The second-order valence-corrected chi connectivity index (χ2v) is 9.30. The molecule has 2 aromatic rings. The van der Waals surface area contributed by atoms with Gasteiger partial charge in [-0.2, -0.15) is 15.8 Å². The van der Waals surface area contributed by atoms with E-state index in [4.69, 9.17) is 17.3 Å². The maximum Gasteiger partial charge on any atom is 0.241 e. The van der Waals surface area contributed by atoms with E-state index in [1.54, 1.807) is 17.0 Å². The van der Waals surface area contributed by atoms with Gasteiger partial charge in [-0.1, -0.05) is 48.0 Å². The number of hydrogen-bond acceptors (Lipinski definition) is 5. The Bertz CT molecular complexity index is 1390. The zero-order valence-electron chi connectivity index (χ0n) is 18.3. The lowest BCUT2D eigenvalue weighted by atomic mass is 9.47. The molecule has 1 aliphatic heterocycles. The Hall–Kier alpha value is -4.05. The quantitative estimate of drug-likeness (QED) is 0.693. The zero-order chi connectivity index (χ0) is 24.1. The number of rotatable bonds is 2. The molecule has 0 radical (unpaired) electrons. The van der Waals surface area contributed by atoms with Crippen molar-refractivity contribution in [3.63, 3.8) is 0 Å². The maximum absolute atomic E-state index is 14.5. The molecule has 6 nitrogen and oxygen atoms in total. The summed E-state index contributed by atoms with van der Waals surface area (Å²) < 4.78 is 0. The molecular weight excluding hydrogens is 446 g/mol. The van der Waals surface area contributed by atoms with Crippen molar-refractivity contribution in [3.8, 4) is 18.2 Å². The van der Waals surface area contributed by atoms with Gasteiger partial charge in [-0.15, -0.1) is 0 Å². The molecule has 1 spiro atoms. The van der Waals surface area contributed by atoms with Gasteiger partial charge >= 0.3 is 0 Å². The van der Waals surface area contributed by atoms with Gasteiger partial charge in [0.1, 0.15) is 11.5 Å². The number of benzene rings is 2. The number of allylic oxidation sites excluding steroid dienone is 4. The Balaban J connectivity index is 1.82. The van der Waals surface area contributed by atoms with Crippen LogP contribution in [-0.4, -0.2) is 5.91 Å². The number of hydrogen-bond donors (Lipinski definition) is 1. The molecule has 7 heteroatoms. The van der Waals surface area contributed by atoms with Crippen LogP contribution in [0, 0.1) is 45.3 Å². The van der Waals surface area contributed by atoms with E-state index in [1.807, 2.05) is 42.5 Å². The van der Waals surface area contributed by atoms with E-state index in [1.165, 1.54) is 0 Å². The van der Waals surface area contributed by atoms with Crippen LogP contribution in [0.5, 0.6) is 0 Å². The van der Waals surface area contributed by atoms with Gasteiger partial charge in [0, 0.05) is 16.6 Å².